The van der Waals surface area contributed by atoms with Gasteiger partial charge in [0.25, 0.3) is 5.88 Å². The van der Waals surface area contributed by atoms with E-state index >= 15 is 0 Å². The van der Waals surface area contributed by atoms with Crippen LogP contribution in [-0.2, 0) is 0 Å². The first kappa shape index (κ1) is 16.4. The fourth-order valence-corrected chi connectivity index (χ4v) is 2.71. The number of nitrogen functional groups attached to an aromatic ring is 1. The van der Waals surface area contributed by atoms with Gasteiger partial charge in [-0.3, -0.25) is 0 Å². The van der Waals surface area contributed by atoms with Crippen LogP contribution in [0.4, 0.5) is 5.69 Å². The third-order valence-electron chi connectivity index (χ3n) is 3.43. The molecule has 0 aromatic carbocycles. The van der Waals surface area contributed by atoms with Crippen molar-refractivity contribution in [2.45, 2.75) is 19.3 Å². The molecule has 0 radical (unpaired) electrons. The maximum absolute atomic E-state index is 6.05. The van der Waals surface area contributed by atoms with Crippen molar-refractivity contribution >= 4 is 33.8 Å². The second kappa shape index (κ2) is 8.43. The van der Waals surface area contributed by atoms with Crippen LogP contribution in [-0.4, -0.2) is 45.7 Å². The molecule has 0 saturated heterocycles. The maximum atomic E-state index is 6.05. The minimum Gasteiger partial charge on any atom is -0.474 e. The number of unbranched alkanes of at least 4 members (excludes halogenated alkanes) is 2. The third kappa shape index (κ3) is 4.74. The molecule has 6 heteroatoms. The van der Waals surface area contributed by atoms with Crippen molar-refractivity contribution < 1.29 is 4.74 Å². The Morgan fingerprint density at radius 3 is 2.90 bits per heavy atom. The molecule has 116 valence electrons. The summed E-state index contributed by atoms with van der Waals surface area (Å²) in [5.41, 5.74) is 7.55. The summed E-state index contributed by atoms with van der Waals surface area (Å²) in [6, 6.07) is 5.81. The van der Waals surface area contributed by atoms with Crippen LogP contribution in [0.1, 0.15) is 19.3 Å². The van der Waals surface area contributed by atoms with Gasteiger partial charge in [0.1, 0.15) is 12.3 Å². The average Bonchev–Trinajstić information content (AvgIpc) is 2.81. The molecule has 0 aliphatic heterocycles. The van der Waals surface area contributed by atoms with E-state index in [1.807, 2.05) is 24.4 Å². The van der Waals surface area contributed by atoms with E-state index in [2.05, 4.69) is 39.6 Å². The summed E-state index contributed by atoms with van der Waals surface area (Å²) in [7, 11) is 2.13. The fraction of sp³-hybridized carbons (Fsp3) is 0.533. The van der Waals surface area contributed by atoms with Crippen LogP contribution < -0.4 is 10.5 Å². The van der Waals surface area contributed by atoms with Crippen molar-refractivity contribution in [3.63, 3.8) is 0 Å². The lowest BCUT2D eigenvalue weighted by molar-refractivity contribution is 0.229. The van der Waals surface area contributed by atoms with Gasteiger partial charge in [-0.1, -0.05) is 35.1 Å². The Hall–Kier alpha value is -1.02. The molecule has 2 N–H and O–H groups in total. The number of rotatable bonds is 9. The highest BCUT2D eigenvalue weighted by Crippen LogP contribution is 2.24. The molecule has 0 atom stereocenters. The molecule has 2 aromatic rings. The van der Waals surface area contributed by atoms with E-state index < -0.39 is 0 Å². The zero-order valence-electron chi connectivity index (χ0n) is 12.5. The zero-order chi connectivity index (χ0) is 15.1. The molecule has 5 nitrogen and oxygen atoms in total. The van der Waals surface area contributed by atoms with Gasteiger partial charge in [-0.25, -0.2) is 4.52 Å². The van der Waals surface area contributed by atoms with Crippen molar-refractivity contribution in [1.29, 1.82) is 0 Å². The first-order valence-corrected chi connectivity index (χ1v) is 8.85. The van der Waals surface area contributed by atoms with Gasteiger partial charge in [-0.05, 0) is 43.0 Å². The van der Waals surface area contributed by atoms with Crippen LogP contribution in [0.25, 0.3) is 5.52 Å². The Bertz CT molecular complexity index is 558. The number of nitrogens with two attached hydrogens (primary N) is 1. The van der Waals surface area contributed by atoms with Gasteiger partial charge in [0.05, 0.1) is 5.52 Å². The number of hydrogen-bond acceptors (Lipinski definition) is 4. The summed E-state index contributed by atoms with van der Waals surface area (Å²) in [5.74, 6) is 0.527. The van der Waals surface area contributed by atoms with E-state index in [-0.39, 0.29) is 0 Å². The summed E-state index contributed by atoms with van der Waals surface area (Å²) in [6.45, 7) is 2.61. The Morgan fingerprint density at radius 2 is 2.14 bits per heavy atom. The van der Waals surface area contributed by atoms with E-state index in [0.29, 0.717) is 18.2 Å². The standard InChI is InChI=1S/C15H23IN4O/c1-19(9-5-2-4-8-16)11-12-21-15-14(17)13-7-3-6-10-20(13)18-15/h3,6-7,10H,2,4-5,8-9,11-12,17H2,1H3. The topological polar surface area (TPSA) is 55.8 Å². The first-order valence-electron chi connectivity index (χ1n) is 7.32. The summed E-state index contributed by atoms with van der Waals surface area (Å²) < 4.78 is 8.72. The van der Waals surface area contributed by atoms with Gasteiger partial charge in [-0.15, -0.1) is 5.10 Å². The number of nitrogens with zero attached hydrogens (tertiary/aromatic N) is 3. The van der Waals surface area contributed by atoms with Gasteiger partial charge in [0.15, 0.2) is 0 Å². The highest BCUT2D eigenvalue weighted by molar-refractivity contribution is 14.1. The second-order valence-electron chi connectivity index (χ2n) is 5.15. The quantitative estimate of drug-likeness (QED) is 0.398. The van der Waals surface area contributed by atoms with Gasteiger partial charge in [0.2, 0.25) is 0 Å². The molecule has 0 fully saturated rings. The SMILES string of the molecule is CN(CCCCCI)CCOc1nn2ccccc2c1N. The number of hydrogen-bond donors (Lipinski definition) is 1. The Morgan fingerprint density at radius 1 is 1.29 bits per heavy atom. The molecule has 0 aliphatic rings. The smallest absolute Gasteiger partial charge is 0.257 e. The maximum Gasteiger partial charge on any atom is 0.257 e. The Labute approximate surface area is 139 Å². The monoisotopic (exact) mass is 402 g/mol. The van der Waals surface area contributed by atoms with E-state index in [9.17, 15) is 0 Å². The van der Waals surface area contributed by atoms with Crippen molar-refractivity contribution in [2.75, 3.05) is 36.9 Å². The number of ether oxygens (including phenoxy) is 1. The third-order valence-corrected chi connectivity index (χ3v) is 4.19. The second-order valence-corrected chi connectivity index (χ2v) is 6.23. The number of halogens is 1. The van der Waals surface area contributed by atoms with Crippen molar-refractivity contribution in [3.05, 3.63) is 24.4 Å². The van der Waals surface area contributed by atoms with E-state index in [4.69, 9.17) is 10.5 Å². The number of pyridine rings is 1. The molecule has 2 rings (SSSR count). The van der Waals surface area contributed by atoms with Crippen LogP contribution in [0.2, 0.25) is 0 Å². The van der Waals surface area contributed by atoms with E-state index in [0.717, 1.165) is 18.6 Å². The molecule has 0 saturated carbocycles. The molecule has 0 bridgehead atoms. The predicted molar refractivity (Wildman–Crippen MR) is 95.3 cm³/mol. The van der Waals surface area contributed by atoms with Crippen LogP contribution in [0.5, 0.6) is 5.88 Å². The normalized spacial score (nSPS) is 11.4. The largest absolute Gasteiger partial charge is 0.474 e. The van der Waals surface area contributed by atoms with Gasteiger partial charge < -0.3 is 15.4 Å². The number of anilines is 1. The van der Waals surface area contributed by atoms with Gasteiger partial charge >= 0.3 is 0 Å². The number of aromatic nitrogens is 2. The molecule has 2 heterocycles. The lowest BCUT2D eigenvalue weighted by Crippen LogP contribution is -2.25. The van der Waals surface area contributed by atoms with Crippen LogP contribution in [0.15, 0.2) is 24.4 Å². The summed E-state index contributed by atoms with van der Waals surface area (Å²) in [4.78, 5) is 2.29. The number of likely N-dealkylation sites (N-methyl/N-ethyl adjacent to an activating group) is 1. The van der Waals surface area contributed by atoms with E-state index in [1.165, 1.54) is 23.7 Å². The molecule has 0 amide bonds. The number of alkyl halides is 1. The molecule has 0 spiro atoms. The average molecular weight is 402 g/mol. The predicted octanol–water partition coefficient (Wildman–Crippen LogP) is 2.83. The van der Waals surface area contributed by atoms with E-state index in [1.54, 1.807) is 4.52 Å². The molecule has 2 aromatic heterocycles. The minimum absolute atomic E-state index is 0.527. The molecular weight excluding hydrogens is 379 g/mol. The minimum atomic E-state index is 0.527. The van der Waals surface area contributed by atoms with Gasteiger partial charge in [-0.2, -0.15) is 0 Å². The molecule has 21 heavy (non-hydrogen) atoms. The summed E-state index contributed by atoms with van der Waals surface area (Å²) in [5, 5.41) is 4.35. The first-order chi connectivity index (χ1) is 10.2. The molecular formula is C15H23IN4O. The van der Waals surface area contributed by atoms with Crippen LogP contribution in [0.3, 0.4) is 0 Å². The summed E-state index contributed by atoms with van der Waals surface area (Å²) >= 11 is 2.43. The van der Waals surface area contributed by atoms with Gasteiger partial charge in [0, 0.05) is 12.7 Å². The van der Waals surface area contributed by atoms with Crippen molar-refractivity contribution in [2.24, 2.45) is 0 Å². The lowest BCUT2D eigenvalue weighted by Gasteiger charge is -2.16. The Kier molecular flexibility index (Phi) is 6.56. The highest BCUT2D eigenvalue weighted by Gasteiger charge is 2.10. The summed E-state index contributed by atoms with van der Waals surface area (Å²) in [6.07, 6.45) is 5.73. The molecule has 0 aliphatic carbocycles. The lowest BCUT2D eigenvalue weighted by atomic mass is 10.2. The molecule has 0 unspecified atom stereocenters. The zero-order valence-corrected chi connectivity index (χ0v) is 14.6. The number of fused-ring (bicyclic) bond motifs is 1. The van der Waals surface area contributed by atoms with Crippen LogP contribution >= 0.6 is 22.6 Å². The Balaban J connectivity index is 1.76. The van der Waals surface area contributed by atoms with Crippen molar-refractivity contribution in [3.8, 4) is 5.88 Å². The van der Waals surface area contributed by atoms with Crippen molar-refractivity contribution in [1.82, 2.24) is 14.5 Å². The van der Waals surface area contributed by atoms with Crippen LogP contribution in [0, 0.1) is 0 Å². The highest BCUT2D eigenvalue weighted by atomic mass is 127. The fourth-order valence-electron chi connectivity index (χ4n) is 2.17.